The summed E-state index contributed by atoms with van der Waals surface area (Å²) in [7, 11) is 1.45. The molecule has 0 aliphatic carbocycles. The molecule has 1 heterocycles. The fourth-order valence-electron chi connectivity index (χ4n) is 1.86. The summed E-state index contributed by atoms with van der Waals surface area (Å²) in [6.45, 7) is 0. The Labute approximate surface area is 121 Å². The van der Waals surface area contributed by atoms with Crippen molar-refractivity contribution in [2.75, 3.05) is 12.4 Å². The molecule has 0 unspecified atom stereocenters. The first-order valence-electron chi connectivity index (χ1n) is 6.35. The van der Waals surface area contributed by atoms with Crippen molar-refractivity contribution >= 4 is 22.9 Å². The number of hydrogen-bond donors (Lipinski definition) is 1. The number of anilines is 1. The number of thiophene rings is 1. The second-order valence-electron chi connectivity index (χ2n) is 4.33. The van der Waals surface area contributed by atoms with E-state index in [1.165, 1.54) is 30.2 Å². The van der Waals surface area contributed by atoms with Crippen molar-refractivity contribution in [3.63, 3.8) is 0 Å². The van der Waals surface area contributed by atoms with E-state index in [1.807, 2.05) is 11.4 Å². The van der Waals surface area contributed by atoms with Crippen LogP contribution >= 0.6 is 11.3 Å². The third kappa shape index (κ3) is 4.06. The van der Waals surface area contributed by atoms with E-state index in [4.69, 9.17) is 4.74 Å². The first-order valence-corrected chi connectivity index (χ1v) is 7.23. The van der Waals surface area contributed by atoms with Gasteiger partial charge in [0.05, 0.1) is 12.8 Å². The number of ether oxygens (including phenoxy) is 1. The molecule has 0 spiro atoms. The number of carbonyl (C=O) groups excluding carboxylic acids is 1. The van der Waals surface area contributed by atoms with E-state index in [1.54, 1.807) is 11.3 Å². The minimum atomic E-state index is -0.391. The lowest BCUT2D eigenvalue weighted by Gasteiger charge is -2.10. The van der Waals surface area contributed by atoms with E-state index in [9.17, 15) is 9.18 Å². The second kappa shape index (κ2) is 7.05. The quantitative estimate of drug-likeness (QED) is 0.878. The Morgan fingerprint density at radius 3 is 2.95 bits per heavy atom. The largest absolute Gasteiger partial charge is 0.494 e. The lowest BCUT2D eigenvalue weighted by molar-refractivity contribution is -0.116. The number of amides is 1. The standard InChI is InChI=1S/C15H16FNO2S/c1-19-14-10-11(16)7-8-13(14)17-15(18)6-2-4-12-5-3-9-20-12/h3,5,7-10H,2,4,6H2,1H3,(H,17,18). The molecule has 2 aromatic rings. The van der Waals surface area contributed by atoms with Crippen LogP contribution < -0.4 is 10.1 Å². The Kier molecular flexibility index (Phi) is 5.12. The van der Waals surface area contributed by atoms with Gasteiger partial charge in [0.15, 0.2) is 0 Å². The monoisotopic (exact) mass is 293 g/mol. The third-order valence-electron chi connectivity index (χ3n) is 2.84. The molecular weight excluding hydrogens is 277 g/mol. The van der Waals surface area contributed by atoms with Gasteiger partial charge in [-0.2, -0.15) is 0 Å². The van der Waals surface area contributed by atoms with Gasteiger partial charge in [-0.05, 0) is 36.4 Å². The summed E-state index contributed by atoms with van der Waals surface area (Å²) in [4.78, 5) is 13.1. The molecule has 1 aromatic carbocycles. The van der Waals surface area contributed by atoms with Crippen LogP contribution in [0, 0.1) is 5.82 Å². The van der Waals surface area contributed by atoms with Crippen molar-refractivity contribution in [2.24, 2.45) is 0 Å². The maximum Gasteiger partial charge on any atom is 0.224 e. The molecule has 0 saturated carbocycles. The van der Waals surface area contributed by atoms with Crippen LogP contribution in [-0.4, -0.2) is 13.0 Å². The maximum atomic E-state index is 13.0. The van der Waals surface area contributed by atoms with E-state index >= 15 is 0 Å². The van der Waals surface area contributed by atoms with Gasteiger partial charge in [-0.3, -0.25) is 4.79 Å². The number of methoxy groups -OCH3 is 1. The van der Waals surface area contributed by atoms with Gasteiger partial charge in [-0.25, -0.2) is 4.39 Å². The van der Waals surface area contributed by atoms with Gasteiger partial charge >= 0.3 is 0 Å². The smallest absolute Gasteiger partial charge is 0.224 e. The van der Waals surface area contributed by atoms with Crippen LogP contribution in [0.25, 0.3) is 0 Å². The molecule has 20 heavy (non-hydrogen) atoms. The summed E-state index contributed by atoms with van der Waals surface area (Å²) in [6, 6.07) is 8.12. The van der Waals surface area contributed by atoms with E-state index in [-0.39, 0.29) is 5.91 Å². The molecule has 0 aliphatic heterocycles. The van der Waals surface area contributed by atoms with Crippen LogP contribution in [0.4, 0.5) is 10.1 Å². The molecule has 2 rings (SSSR count). The molecule has 106 valence electrons. The van der Waals surface area contributed by atoms with E-state index in [0.29, 0.717) is 17.9 Å². The first kappa shape index (κ1) is 14.5. The minimum absolute atomic E-state index is 0.0912. The predicted octanol–water partition coefficient (Wildman–Crippen LogP) is 3.86. The average Bonchev–Trinajstić information content (AvgIpc) is 2.94. The number of nitrogens with one attached hydrogen (secondary N) is 1. The topological polar surface area (TPSA) is 38.3 Å². The first-order chi connectivity index (χ1) is 9.69. The minimum Gasteiger partial charge on any atom is -0.494 e. The van der Waals surface area contributed by atoms with Gasteiger partial charge in [0.25, 0.3) is 0 Å². The highest BCUT2D eigenvalue weighted by atomic mass is 32.1. The van der Waals surface area contributed by atoms with Crippen LogP contribution in [0.3, 0.4) is 0 Å². The van der Waals surface area contributed by atoms with Crippen LogP contribution in [0.15, 0.2) is 35.7 Å². The maximum absolute atomic E-state index is 13.0. The predicted molar refractivity (Wildman–Crippen MR) is 78.8 cm³/mol. The molecule has 1 amide bonds. The molecule has 1 aromatic heterocycles. The van der Waals surface area contributed by atoms with Gasteiger partial charge in [0.1, 0.15) is 11.6 Å². The number of aryl methyl sites for hydroxylation is 1. The van der Waals surface area contributed by atoms with Gasteiger partial charge in [0.2, 0.25) is 5.91 Å². The average molecular weight is 293 g/mol. The van der Waals surface area contributed by atoms with E-state index in [2.05, 4.69) is 11.4 Å². The molecular formula is C15H16FNO2S. The van der Waals surface area contributed by atoms with Crippen LogP contribution in [0.2, 0.25) is 0 Å². The summed E-state index contributed by atoms with van der Waals surface area (Å²) in [5.74, 6) is -0.152. The van der Waals surface area contributed by atoms with Gasteiger partial charge in [0, 0.05) is 17.4 Å². The van der Waals surface area contributed by atoms with Gasteiger partial charge < -0.3 is 10.1 Å². The van der Waals surface area contributed by atoms with Gasteiger partial charge in [-0.15, -0.1) is 11.3 Å². The number of halogens is 1. The summed E-state index contributed by atoms with van der Waals surface area (Å²) in [6.07, 6.45) is 2.11. The lowest BCUT2D eigenvalue weighted by Crippen LogP contribution is -2.12. The molecule has 0 bridgehead atoms. The summed E-state index contributed by atoms with van der Waals surface area (Å²) >= 11 is 1.69. The molecule has 5 heteroatoms. The molecule has 0 fully saturated rings. The Balaban J connectivity index is 1.85. The highest BCUT2D eigenvalue weighted by molar-refractivity contribution is 7.09. The van der Waals surface area contributed by atoms with Crippen molar-refractivity contribution in [3.05, 3.63) is 46.4 Å². The Morgan fingerprint density at radius 2 is 2.25 bits per heavy atom. The Hall–Kier alpha value is -1.88. The van der Waals surface area contributed by atoms with Crippen molar-refractivity contribution in [1.82, 2.24) is 0 Å². The number of carbonyl (C=O) groups is 1. The van der Waals surface area contributed by atoms with Crippen LogP contribution in [0.5, 0.6) is 5.75 Å². The highest BCUT2D eigenvalue weighted by Crippen LogP contribution is 2.25. The molecule has 0 radical (unpaired) electrons. The fraction of sp³-hybridized carbons (Fsp3) is 0.267. The second-order valence-corrected chi connectivity index (χ2v) is 5.36. The van der Waals surface area contributed by atoms with E-state index < -0.39 is 5.82 Å². The zero-order valence-corrected chi connectivity index (χ0v) is 12.0. The summed E-state index contributed by atoms with van der Waals surface area (Å²) < 4.78 is 18.1. The van der Waals surface area contributed by atoms with Gasteiger partial charge in [-0.1, -0.05) is 6.07 Å². The number of rotatable bonds is 6. The van der Waals surface area contributed by atoms with Crippen LogP contribution in [0.1, 0.15) is 17.7 Å². The third-order valence-corrected chi connectivity index (χ3v) is 3.78. The fourth-order valence-corrected chi connectivity index (χ4v) is 2.61. The van der Waals surface area contributed by atoms with E-state index in [0.717, 1.165) is 12.8 Å². The number of benzene rings is 1. The summed E-state index contributed by atoms with van der Waals surface area (Å²) in [5, 5.41) is 4.77. The van der Waals surface area contributed by atoms with Crippen molar-refractivity contribution in [3.8, 4) is 5.75 Å². The SMILES string of the molecule is COc1cc(F)ccc1NC(=O)CCCc1cccs1. The van der Waals surface area contributed by atoms with Crippen LogP contribution in [-0.2, 0) is 11.2 Å². The number of hydrogen-bond acceptors (Lipinski definition) is 3. The Bertz CT molecular complexity index is 569. The Morgan fingerprint density at radius 1 is 1.40 bits per heavy atom. The normalized spacial score (nSPS) is 10.3. The molecule has 0 saturated heterocycles. The van der Waals surface area contributed by atoms with Crippen molar-refractivity contribution in [1.29, 1.82) is 0 Å². The molecule has 1 N–H and O–H groups in total. The molecule has 3 nitrogen and oxygen atoms in total. The van der Waals surface area contributed by atoms with Crippen molar-refractivity contribution in [2.45, 2.75) is 19.3 Å². The summed E-state index contributed by atoms with van der Waals surface area (Å²) in [5.41, 5.74) is 0.495. The van der Waals surface area contributed by atoms with Crippen molar-refractivity contribution < 1.29 is 13.9 Å². The molecule has 0 atom stereocenters. The molecule has 0 aliphatic rings. The zero-order valence-electron chi connectivity index (χ0n) is 11.2. The lowest BCUT2D eigenvalue weighted by atomic mass is 10.2. The highest BCUT2D eigenvalue weighted by Gasteiger charge is 2.08. The zero-order chi connectivity index (χ0) is 14.4.